The Morgan fingerprint density at radius 1 is 1.47 bits per heavy atom. The fraction of sp³-hybridized carbons (Fsp3) is 0.571. The highest BCUT2D eigenvalue weighted by Gasteiger charge is 2.12. The Balaban J connectivity index is 2.04. The fourth-order valence-electron chi connectivity index (χ4n) is 2.14. The van der Waals surface area contributed by atoms with Gasteiger partial charge in [-0.2, -0.15) is 5.10 Å². The number of aromatic nitrogens is 2. The topological polar surface area (TPSA) is 34.9 Å². The Morgan fingerprint density at radius 3 is 3.00 bits per heavy atom. The van der Waals surface area contributed by atoms with Crippen LogP contribution in [0.25, 0.3) is 0 Å². The van der Waals surface area contributed by atoms with Gasteiger partial charge >= 0.3 is 0 Å². The maximum atomic E-state index is 11.3. The van der Waals surface area contributed by atoms with Gasteiger partial charge in [0.05, 0.1) is 5.69 Å². The van der Waals surface area contributed by atoms with Crippen LogP contribution in [0.4, 0.5) is 0 Å². The molecule has 3 heteroatoms. The summed E-state index contributed by atoms with van der Waals surface area (Å²) < 4.78 is 2.01. The van der Waals surface area contributed by atoms with Crippen molar-refractivity contribution in [2.75, 3.05) is 0 Å². The van der Waals surface area contributed by atoms with E-state index in [2.05, 4.69) is 25.0 Å². The smallest absolute Gasteiger partial charge is 0.155 e. The summed E-state index contributed by atoms with van der Waals surface area (Å²) in [5.41, 5.74) is 2.31. The molecular weight excluding hydrogens is 212 g/mol. The molecule has 0 radical (unpaired) electrons. The zero-order valence-corrected chi connectivity index (χ0v) is 10.6. The third-order valence-electron chi connectivity index (χ3n) is 3.40. The van der Waals surface area contributed by atoms with Crippen LogP contribution < -0.4 is 0 Å². The molecule has 0 spiro atoms. The Bertz CT molecular complexity index is 431. The Labute approximate surface area is 103 Å². The summed E-state index contributed by atoms with van der Waals surface area (Å²) in [5, 5.41) is 4.56. The van der Waals surface area contributed by atoms with E-state index in [-0.39, 0.29) is 5.78 Å². The van der Waals surface area contributed by atoms with Crippen LogP contribution in [0.1, 0.15) is 51.3 Å². The summed E-state index contributed by atoms with van der Waals surface area (Å²) in [6.45, 7) is 4.33. The molecule has 1 unspecified atom stereocenters. The maximum absolute atomic E-state index is 11.3. The third-order valence-corrected chi connectivity index (χ3v) is 3.40. The molecule has 0 bridgehead atoms. The van der Waals surface area contributed by atoms with Crippen LogP contribution in [0.15, 0.2) is 23.9 Å². The van der Waals surface area contributed by atoms with E-state index in [9.17, 15) is 4.79 Å². The van der Waals surface area contributed by atoms with Crippen molar-refractivity contribution in [3.8, 4) is 0 Å². The second-order valence-corrected chi connectivity index (χ2v) is 4.84. The highest BCUT2D eigenvalue weighted by molar-refractivity contribution is 5.91. The summed E-state index contributed by atoms with van der Waals surface area (Å²) in [5.74, 6) is 0.271. The monoisotopic (exact) mass is 232 g/mol. The quantitative estimate of drug-likeness (QED) is 0.799. The second kappa shape index (κ2) is 5.30. The molecule has 0 aromatic carbocycles. The summed E-state index contributed by atoms with van der Waals surface area (Å²) in [6.07, 6.45) is 8.52. The normalized spacial score (nSPS) is 18.0. The molecule has 1 aromatic heterocycles. The van der Waals surface area contributed by atoms with Crippen molar-refractivity contribution < 1.29 is 4.79 Å². The third kappa shape index (κ3) is 3.05. The van der Waals surface area contributed by atoms with Crippen molar-refractivity contribution in [1.82, 2.24) is 9.78 Å². The Morgan fingerprint density at radius 2 is 2.29 bits per heavy atom. The van der Waals surface area contributed by atoms with Crippen molar-refractivity contribution in [3.05, 3.63) is 29.6 Å². The van der Waals surface area contributed by atoms with Gasteiger partial charge in [0, 0.05) is 25.1 Å². The van der Waals surface area contributed by atoms with Crippen molar-refractivity contribution in [2.45, 2.75) is 52.0 Å². The van der Waals surface area contributed by atoms with Crippen LogP contribution in [0.3, 0.4) is 0 Å². The standard InChI is InChI=1S/C14H20N2O/c1-3-11(2)16-8-7-13(15-16)9-12-5-4-6-14(17)10-12/h7-8,10-11H,3-6,9H2,1-2H3. The predicted octanol–water partition coefficient (Wildman–Crippen LogP) is 3.08. The van der Waals surface area contributed by atoms with Crippen LogP contribution in [0.2, 0.25) is 0 Å². The number of carbonyl (C=O) groups excluding carboxylic acids is 1. The van der Waals surface area contributed by atoms with Gasteiger partial charge in [-0.15, -0.1) is 0 Å². The van der Waals surface area contributed by atoms with Gasteiger partial charge in [0.15, 0.2) is 5.78 Å². The first-order chi connectivity index (χ1) is 8.19. The summed E-state index contributed by atoms with van der Waals surface area (Å²) in [4.78, 5) is 11.3. The Hall–Kier alpha value is -1.38. The van der Waals surface area contributed by atoms with E-state index in [1.54, 1.807) is 0 Å². The number of ketones is 1. The molecule has 0 N–H and O–H groups in total. The lowest BCUT2D eigenvalue weighted by Crippen LogP contribution is -2.07. The number of hydrogen-bond donors (Lipinski definition) is 0. The molecule has 2 rings (SSSR count). The van der Waals surface area contributed by atoms with Gasteiger partial charge in [-0.05, 0) is 38.3 Å². The van der Waals surface area contributed by atoms with Crippen LogP contribution in [0.5, 0.6) is 0 Å². The average Bonchev–Trinajstić information content (AvgIpc) is 2.76. The molecule has 3 nitrogen and oxygen atoms in total. The first kappa shape index (κ1) is 12.1. The Kier molecular flexibility index (Phi) is 3.77. The van der Waals surface area contributed by atoms with Crippen molar-refractivity contribution in [1.29, 1.82) is 0 Å². The molecule has 92 valence electrons. The number of rotatable bonds is 4. The fourth-order valence-corrected chi connectivity index (χ4v) is 2.14. The van der Waals surface area contributed by atoms with Gasteiger partial charge in [-0.25, -0.2) is 0 Å². The highest BCUT2D eigenvalue weighted by atomic mass is 16.1. The van der Waals surface area contributed by atoms with E-state index in [1.165, 1.54) is 5.57 Å². The first-order valence-corrected chi connectivity index (χ1v) is 6.45. The van der Waals surface area contributed by atoms with E-state index >= 15 is 0 Å². The summed E-state index contributed by atoms with van der Waals surface area (Å²) in [7, 11) is 0. The molecule has 0 saturated carbocycles. The summed E-state index contributed by atoms with van der Waals surface area (Å²) >= 11 is 0. The molecular formula is C14H20N2O. The molecule has 1 atom stereocenters. The van der Waals surface area contributed by atoms with E-state index in [1.807, 2.05) is 17.0 Å². The van der Waals surface area contributed by atoms with Crippen LogP contribution >= 0.6 is 0 Å². The van der Waals surface area contributed by atoms with Gasteiger partial charge in [0.1, 0.15) is 0 Å². The number of hydrogen-bond acceptors (Lipinski definition) is 2. The van der Waals surface area contributed by atoms with Gasteiger partial charge in [-0.3, -0.25) is 9.48 Å². The lowest BCUT2D eigenvalue weighted by atomic mass is 9.95. The van der Waals surface area contributed by atoms with Crippen LogP contribution in [-0.4, -0.2) is 15.6 Å². The van der Waals surface area contributed by atoms with E-state index < -0.39 is 0 Å². The van der Waals surface area contributed by atoms with Crippen molar-refractivity contribution in [2.24, 2.45) is 0 Å². The van der Waals surface area contributed by atoms with Gasteiger partial charge in [0.2, 0.25) is 0 Å². The lowest BCUT2D eigenvalue weighted by molar-refractivity contribution is -0.115. The van der Waals surface area contributed by atoms with E-state index in [0.717, 1.165) is 31.4 Å². The van der Waals surface area contributed by atoms with Crippen molar-refractivity contribution in [3.63, 3.8) is 0 Å². The zero-order valence-electron chi connectivity index (χ0n) is 10.6. The minimum atomic E-state index is 0.271. The van der Waals surface area contributed by atoms with Crippen molar-refractivity contribution >= 4 is 5.78 Å². The highest BCUT2D eigenvalue weighted by Crippen LogP contribution is 2.19. The van der Waals surface area contributed by atoms with Gasteiger partial charge in [0.25, 0.3) is 0 Å². The minimum absolute atomic E-state index is 0.271. The number of nitrogens with zero attached hydrogens (tertiary/aromatic N) is 2. The molecule has 1 aliphatic rings. The molecule has 0 aliphatic heterocycles. The molecule has 17 heavy (non-hydrogen) atoms. The van der Waals surface area contributed by atoms with Crippen LogP contribution in [-0.2, 0) is 11.2 Å². The molecule has 1 aliphatic carbocycles. The average molecular weight is 232 g/mol. The lowest BCUT2D eigenvalue weighted by Gasteiger charge is -2.11. The summed E-state index contributed by atoms with van der Waals surface area (Å²) in [6, 6.07) is 2.51. The predicted molar refractivity (Wildman–Crippen MR) is 67.9 cm³/mol. The van der Waals surface area contributed by atoms with Crippen LogP contribution in [0, 0.1) is 0 Å². The number of carbonyl (C=O) groups is 1. The van der Waals surface area contributed by atoms with E-state index in [4.69, 9.17) is 0 Å². The maximum Gasteiger partial charge on any atom is 0.155 e. The molecule has 1 heterocycles. The SMILES string of the molecule is CCC(C)n1ccc(CC2=CC(=O)CCC2)n1. The van der Waals surface area contributed by atoms with Gasteiger partial charge < -0.3 is 0 Å². The molecule has 1 aromatic rings. The van der Waals surface area contributed by atoms with Gasteiger partial charge in [-0.1, -0.05) is 12.5 Å². The van der Waals surface area contributed by atoms with E-state index in [0.29, 0.717) is 12.5 Å². The second-order valence-electron chi connectivity index (χ2n) is 4.84. The molecule has 0 saturated heterocycles. The number of allylic oxidation sites excluding steroid dienone is 2. The molecule has 0 fully saturated rings. The molecule has 0 amide bonds. The largest absolute Gasteiger partial charge is 0.295 e. The minimum Gasteiger partial charge on any atom is -0.295 e. The zero-order chi connectivity index (χ0) is 12.3. The first-order valence-electron chi connectivity index (χ1n) is 6.45.